The van der Waals surface area contributed by atoms with E-state index >= 15 is 0 Å². The number of aryl methyl sites for hydroxylation is 1. The molecule has 0 aliphatic carbocycles. The van der Waals surface area contributed by atoms with Gasteiger partial charge in [0, 0.05) is 29.7 Å². The highest BCUT2D eigenvalue weighted by molar-refractivity contribution is 5.36. The Morgan fingerprint density at radius 1 is 1.28 bits per heavy atom. The van der Waals surface area contributed by atoms with Crippen molar-refractivity contribution in [2.45, 2.75) is 25.7 Å². The molecule has 1 N–H and O–H groups in total. The number of aromatic nitrogens is 3. The van der Waals surface area contributed by atoms with Crippen LogP contribution in [0, 0.1) is 6.92 Å². The molecule has 0 aromatic carbocycles. The van der Waals surface area contributed by atoms with E-state index in [2.05, 4.69) is 29.4 Å². The molecule has 1 saturated heterocycles. The summed E-state index contributed by atoms with van der Waals surface area (Å²) in [4.78, 5) is 8.81. The van der Waals surface area contributed by atoms with Crippen LogP contribution >= 0.6 is 0 Å². The zero-order chi connectivity index (χ0) is 12.4. The molecule has 2 aromatic rings. The molecule has 2 aromatic heterocycles. The molecule has 3 heterocycles. The molecule has 3 rings (SSSR count). The third kappa shape index (κ3) is 2.29. The van der Waals surface area contributed by atoms with Crippen molar-refractivity contribution >= 4 is 0 Å². The lowest BCUT2D eigenvalue weighted by Gasteiger charge is -2.23. The van der Waals surface area contributed by atoms with Crippen molar-refractivity contribution in [2.75, 3.05) is 13.1 Å². The van der Waals surface area contributed by atoms with Crippen LogP contribution in [0.5, 0.6) is 0 Å². The monoisotopic (exact) mass is 242 g/mol. The van der Waals surface area contributed by atoms with Crippen LogP contribution < -0.4 is 5.32 Å². The third-order valence-corrected chi connectivity index (χ3v) is 3.52. The number of rotatable bonds is 2. The van der Waals surface area contributed by atoms with Gasteiger partial charge in [-0.1, -0.05) is 0 Å². The van der Waals surface area contributed by atoms with Gasteiger partial charge >= 0.3 is 0 Å². The van der Waals surface area contributed by atoms with Crippen molar-refractivity contribution in [2.24, 2.45) is 0 Å². The fourth-order valence-corrected chi connectivity index (χ4v) is 2.56. The summed E-state index contributed by atoms with van der Waals surface area (Å²) in [6.45, 7) is 4.26. The van der Waals surface area contributed by atoms with E-state index in [4.69, 9.17) is 4.98 Å². The zero-order valence-electron chi connectivity index (χ0n) is 10.6. The van der Waals surface area contributed by atoms with Gasteiger partial charge in [-0.25, -0.2) is 4.98 Å². The Morgan fingerprint density at radius 3 is 2.83 bits per heavy atom. The van der Waals surface area contributed by atoms with Gasteiger partial charge in [0.1, 0.15) is 0 Å². The van der Waals surface area contributed by atoms with E-state index in [1.54, 1.807) is 6.20 Å². The molecule has 1 fully saturated rings. The lowest BCUT2D eigenvalue weighted by Crippen LogP contribution is -2.27. The summed E-state index contributed by atoms with van der Waals surface area (Å²) in [5.74, 6) is 0.591. The highest BCUT2D eigenvalue weighted by atomic mass is 15.0. The first kappa shape index (κ1) is 11.4. The number of hydrogen-bond acceptors (Lipinski definition) is 3. The Hall–Kier alpha value is -1.68. The molecule has 0 bridgehead atoms. The molecule has 0 radical (unpaired) electrons. The number of hydrogen-bond donors (Lipinski definition) is 1. The van der Waals surface area contributed by atoms with Gasteiger partial charge in [-0.3, -0.25) is 4.98 Å². The molecule has 0 unspecified atom stereocenters. The maximum Gasteiger partial charge on any atom is 0.0991 e. The van der Waals surface area contributed by atoms with E-state index < -0.39 is 0 Å². The molecule has 4 nitrogen and oxygen atoms in total. The van der Waals surface area contributed by atoms with Gasteiger partial charge in [-0.05, 0) is 45.0 Å². The van der Waals surface area contributed by atoms with E-state index in [1.807, 2.05) is 17.1 Å². The van der Waals surface area contributed by atoms with Gasteiger partial charge in [0.25, 0.3) is 0 Å². The Morgan fingerprint density at radius 2 is 2.11 bits per heavy atom. The highest BCUT2D eigenvalue weighted by Gasteiger charge is 2.17. The average Bonchev–Trinajstić information content (AvgIpc) is 2.93. The van der Waals surface area contributed by atoms with Crippen LogP contribution in [-0.2, 0) is 0 Å². The minimum atomic E-state index is 0.591. The quantitative estimate of drug-likeness (QED) is 0.876. The summed E-state index contributed by atoms with van der Waals surface area (Å²) in [6.07, 6.45) is 7.97. The first-order valence-corrected chi connectivity index (χ1v) is 6.50. The molecule has 0 amide bonds. The van der Waals surface area contributed by atoms with Crippen LogP contribution in [0.3, 0.4) is 0 Å². The van der Waals surface area contributed by atoms with Gasteiger partial charge in [-0.2, -0.15) is 0 Å². The van der Waals surface area contributed by atoms with Crippen LogP contribution in [0.4, 0.5) is 0 Å². The molecule has 18 heavy (non-hydrogen) atoms. The minimum Gasteiger partial charge on any atom is -0.317 e. The fraction of sp³-hybridized carbons (Fsp3) is 0.429. The Kier molecular flexibility index (Phi) is 3.11. The summed E-state index contributed by atoms with van der Waals surface area (Å²) in [5.41, 5.74) is 3.46. The van der Waals surface area contributed by atoms with E-state index in [0.717, 1.165) is 24.5 Å². The van der Waals surface area contributed by atoms with Crippen LogP contribution in [0.1, 0.15) is 30.1 Å². The summed E-state index contributed by atoms with van der Waals surface area (Å²) in [7, 11) is 0. The number of pyridine rings is 1. The average molecular weight is 242 g/mol. The largest absolute Gasteiger partial charge is 0.317 e. The molecule has 4 heteroatoms. The molecule has 1 aliphatic heterocycles. The Labute approximate surface area is 107 Å². The highest BCUT2D eigenvalue weighted by Crippen LogP contribution is 2.25. The molecule has 1 aliphatic rings. The summed E-state index contributed by atoms with van der Waals surface area (Å²) in [5, 5.41) is 3.40. The first-order chi connectivity index (χ1) is 8.83. The second-order valence-corrected chi connectivity index (χ2v) is 4.89. The van der Waals surface area contributed by atoms with Crippen LogP contribution in [0.15, 0.2) is 30.9 Å². The molecular weight excluding hydrogens is 224 g/mol. The van der Waals surface area contributed by atoms with Gasteiger partial charge in [-0.15, -0.1) is 0 Å². The van der Waals surface area contributed by atoms with Gasteiger partial charge in [0.05, 0.1) is 12.0 Å². The van der Waals surface area contributed by atoms with Crippen LogP contribution in [0.25, 0.3) is 5.69 Å². The van der Waals surface area contributed by atoms with Crippen molar-refractivity contribution in [3.8, 4) is 5.69 Å². The van der Waals surface area contributed by atoms with Gasteiger partial charge in [0.2, 0.25) is 0 Å². The molecule has 0 spiro atoms. The normalized spacial score (nSPS) is 16.9. The Balaban J connectivity index is 1.95. The zero-order valence-corrected chi connectivity index (χ0v) is 10.6. The van der Waals surface area contributed by atoms with Crippen molar-refractivity contribution in [1.29, 1.82) is 0 Å². The predicted octanol–water partition coefficient (Wildman–Crippen LogP) is 2.04. The second-order valence-electron chi connectivity index (χ2n) is 4.89. The second kappa shape index (κ2) is 4.90. The first-order valence-electron chi connectivity index (χ1n) is 6.50. The minimum absolute atomic E-state index is 0.591. The maximum atomic E-state index is 4.71. The van der Waals surface area contributed by atoms with E-state index in [1.165, 1.54) is 18.5 Å². The number of imidazole rings is 1. The van der Waals surface area contributed by atoms with E-state index in [9.17, 15) is 0 Å². The van der Waals surface area contributed by atoms with Crippen LogP contribution in [-0.4, -0.2) is 27.6 Å². The van der Waals surface area contributed by atoms with Crippen LogP contribution in [0.2, 0.25) is 0 Å². The number of nitrogens with one attached hydrogen (secondary N) is 1. The summed E-state index contributed by atoms with van der Waals surface area (Å²) < 4.78 is 2.04. The molecule has 94 valence electrons. The maximum absolute atomic E-state index is 4.71. The molecular formula is C14H18N4. The predicted molar refractivity (Wildman–Crippen MR) is 70.9 cm³/mol. The third-order valence-electron chi connectivity index (χ3n) is 3.52. The van der Waals surface area contributed by atoms with Gasteiger partial charge < -0.3 is 9.88 Å². The summed E-state index contributed by atoms with van der Waals surface area (Å²) in [6, 6.07) is 4.30. The number of nitrogens with zero attached hydrogens (tertiary/aromatic N) is 3. The van der Waals surface area contributed by atoms with Crippen molar-refractivity contribution in [3.63, 3.8) is 0 Å². The molecule has 0 atom stereocenters. The Bertz CT molecular complexity index is 513. The topological polar surface area (TPSA) is 42.7 Å². The standard InChI is InChI=1S/C14H18N4/c1-11-8-13(18-7-6-16-10-18)9-14(17-11)12-2-4-15-5-3-12/h6-10,12,15H,2-5H2,1H3. The summed E-state index contributed by atoms with van der Waals surface area (Å²) >= 11 is 0. The van der Waals surface area contributed by atoms with E-state index in [-0.39, 0.29) is 0 Å². The smallest absolute Gasteiger partial charge is 0.0991 e. The van der Waals surface area contributed by atoms with Crippen molar-refractivity contribution in [3.05, 3.63) is 42.2 Å². The fourth-order valence-electron chi connectivity index (χ4n) is 2.56. The lowest BCUT2D eigenvalue weighted by molar-refractivity contribution is 0.452. The van der Waals surface area contributed by atoms with Crippen molar-refractivity contribution < 1.29 is 0 Å². The van der Waals surface area contributed by atoms with Gasteiger partial charge in [0.15, 0.2) is 0 Å². The molecule has 0 saturated carbocycles. The van der Waals surface area contributed by atoms with Crippen molar-refractivity contribution in [1.82, 2.24) is 19.9 Å². The SMILES string of the molecule is Cc1cc(-n2ccnc2)cc(C2CCNCC2)n1. The lowest BCUT2D eigenvalue weighted by atomic mass is 9.93. The number of piperidine rings is 1. The van der Waals surface area contributed by atoms with E-state index in [0.29, 0.717) is 5.92 Å².